The summed E-state index contributed by atoms with van der Waals surface area (Å²) in [7, 11) is 1.46. The minimum Gasteiger partial charge on any atom is -0.501 e. The number of amides is 1. The average Bonchev–Trinajstić information content (AvgIpc) is 2.33. The van der Waals surface area contributed by atoms with E-state index in [2.05, 4.69) is 10.3 Å². The average molecular weight is 252 g/mol. The predicted octanol–water partition coefficient (Wildman–Crippen LogP) is -0.402. The molecule has 0 saturated carbocycles. The smallest absolute Gasteiger partial charge is 0.296 e. The van der Waals surface area contributed by atoms with E-state index in [1.54, 1.807) is 6.20 Å². The summed E-state index contributed by atoms with van der Waals surface area (Å²) in [4.78, 5) is 26.5. The number of rotatable bonds is 5. The molecule has 1 aromatic heterocycles. The van der Waals surface area contributed by atoms with Crippen LogP contribution in [-0.4, -0.2) is 20.6 Å². The van der Waals surface area contributed by atoms with Gasteiger partial charge < -0.3 is 16.2 Å². The van der Waals surface area contributed by atoms with Crippen LogP contribution in [0.2, 0.25) is 0 Å². The molecule has 0 radical (unpaired) electrons. The minimum absolute atomic E-state index is 0.253. The van der Waals surface area contributed by atoms with Crippen molar-refractivity contribution in [1.82, 2.24) is 14.9 Å². The Morgan fingerprint density at radius 3 is 2.83 bits per heavy atom. The van der Waals surface area contributed by atoms with Gasteiger partial charge in [0, 0.05) is 7.05 Å². The van der Waals surface area contributed by atoms with Crippen LogP contribution in [0.4, 0.5) is 0 Å². The Morgan fingerprint density at radius 2 is 2.28 bits per heavy atom. The van der Waals surface area contributed by atoms with Gasteiger partial charge in [0.15, 0.2) is 5.69 Å². The molecule has 0 aromatic carbocycles. The van der Waals surface area contributed by atoms with Crippen molar-refractivity contribution in [2.24, 2.45) is 12.8 Å². The number of nitrogens with one attached hydrogen (secondary N) is 1. The van der Waals surface area contributed by atoms with E-state index in [1.807, 2.05) is 13.0 Å². The number of aromatic hydroxyl groups is 1. The second-order valence-electron chi connectivity index (χ2n) is 3.65. The Labute approximate surface area is 104 Å². The molecule has 1 heterocycles. The van der Waals surface area contributed by atoms with Crippen LogP contribution >= 0.6 is 0 Å². The van der Waals surface area contributed by atoms with Gasteiger partial charge >= 0.3 is 0 Å². The predicted molar refractivity (Wildman–Crippen MR) is 65.9 cm³/mol. The monoisotopic (exact) mass is 252 g/mol. The highest BCUT2D eigenvalue weighted by Crippen LogP contribution is 2.08. The van der Waals surface area contributed by atoms with E-state index in [1.165, 1.54) is 7.05 Å². The van der Waals surface area contributed by atoms with Gasteiger partial charge in [-0.15, -0.1) is 0 Å². The van der Waals surface area contributed by atoms with Crippen molar-refractivity contribution < 1.29 is 9.90 Å². The van der Waals surface area contributed by atoms with Crippen LogP contribution in [0.15, 0.2) is 17.1 Å². The van der Waals surface area contributed by atoms with Crippen LogP contribution in [0.1, 0.15) is 29.7 Å². The summed E-state index contributed by atoms with van der Waals surface area (Å²) in [5.74, 6) is -1.35. The number of nitrogens with two attached hydrogens (primary N) is 1. The second-order valence-corrected chi connectivity index (χ2v) is 3.65. The molecule has 0 fully saturated rings. The first kappa shape index (κ1) is 13.8. The summed E-state index contributed by atoms with van der Waals surface area (Å²) >= 11 is 0. The van der Waals surface area contributed by atoms with Crippen molar-refractivity contribution in [2.75, 3.05) is 0 Å². The van der Waals surface area contributed by atoms with Gasteiger partial charge in [-0.1, -0.05) is 13.0 Å². The molecular weight excluding hydrogens is 236 g/mol. The molecule has 1 aromatic rings. The van der Waals surface area contributed by atoms with Gasteiger partial charge in [0.05, 0.1) is 6.54 Å². The number of hydrogen-bond donors (Lipinski definition) is 3. The molecule has 0 aliphatic carbocycles. The standard InChI is InChI=1S/C11H16N4O3/c1-3-4-5-13-6-7-14-8(10(12)17)9(16)11(18)15(7)2/h4-5,13,16H,3,6H2,1-2H3,(H2,12,17)/b5-4-. The molecule has 0 atom stereocenters. The van der Waals surface area contributed by atoms with Crippen LogP contribution in [0, 0.1) is 0 Å². The number of carbonyl (C=O) groups is 1. The van der Waals surface area contributed by atoms with Gasteiger partial charge in [0.1, 0.15) is 5.82 Å². The highest BCUT2D eigenvalue weighted by molar-refractivity contribution is 5.93. The highest BCUT2D eigenvalue weighted by atomic mass is 16.3. The molecule has 0 saturated heterocycles. The molecule has 0 aliphatic rings. The fraction of sp³-hybridized carbons (Fsp3) is 0.364. The van der Waals surface area contributed by atoms with Crippen LogP contribution in [0.3, 0.4) is 0 Å². The maximum absolute atomic E-state index is 11.6. The van der Waals surface area contributed by atoms with E-state index in [0.717, 1.165) is 11.0 Å². The number of nitrogens with zero attached hydrogens (tertiary/aromatic N) is 2. The van der Waals surface area contributed by atoms with Gasteiger partial charge in [-0.25, -0.2) is 4.98 Å². The third-order valence-corrected chi connectivity index (χ3v) is 2.32. The number of carbonyl (C=O) groups excluding carboxylic acids is 1. The Morgan fingerprint density at radius 1 is 1.61 bits per heavy atom. The van der Waals surface area contributed by atoms with Gasteiger partial charge in [0.25, 0.3) is 11.5 Å². The number of primary amides is 1. The number of allylic oxidation sites excluding steroid dienone is 1. The topological polar surface area (TPSA) is 110 Å². The largest absolute Gasteiger partial charge is 0.501 e. The molecule has 0 aliphatic heterocycles. The first-order chi connectivity index (χ1) is 8.49. The van der Waals surface area contributed by atoms with Crippen molar-refractivity contribution in [3.63, 3.8) is 0 Å². The summed E-state index contributed by atoms with van der Waals surface area (Å²) in [6.45, 7) is 2.24. The zero-order valence-electron chi connectivity index (χ0n) is 10.3. The Bertz CT molecular complexity index is 534. The van der Waals surface area contributed by atoms with E-state index in [4.69, 9.17) is 5.73 Å². The third-order valence-electron chi connectivity index (χ3n) is 2.32. The van der Waals surface area contributed by atoms with Crippen molar-refractivity contribution >= 4 is 5.91 Å². The lowest BCUT2D eigenvalue weighted by molar-refractivity contribution is 0.0991. The molecule has 1 amide bonds. The quantitative estimate of drug-likeness (QED) is 0.660. The molecule has 0 unspecified atom stereocenters. The fourth-order valence-corrected chi connectivity index (χ4v) is 1.32. The maximum Gasteiger partial charge on any atom is 0.296 e. The van der Waals surface area contributed by atoms with Crippen molar-refractivity contribution in [1.29, 1.82) is 0 Å². The van der Waals surface area contributed by atoms with Crippen LogP contribution in [-0.2, 0) is 13.6 Å². The Balaban J connectivity index is 3.09. The molecular formula is C11H16N4O3. The van der Waals surface area contributed by atoms with Crippen LogP contribution in [0.25, 0.3) is 0 Å². The van der Waals surface area contributed by atoms with Gasteiger partial charge in [-0.05, 0) is 12.6 Å². The first-order valence-electron chi connectivity index (χ1n) is 5.46. The van der Waals surface area contributed by atoms with Crippen molar-refractivity contribution in [3.8, 4) is 5.75 Å². The molecule has 1 rings (SSSR count). The number of hydrogen-bond acceptors (Lipinski definition) is 5. The van der Waals surface area contributed by atoms with Crippen LogP contribution in [0.5, 0.6) is 5.75 Å². The molecule has 98 valence electrons. The molecule has 18 heavy (non-hydrogen) atoms. The first-order valence-corrected chi connectivity index (χ1v) is 5.46. The maximum atomic E-state index is 11.6. The summed E-state index contributed by atoms with van der Waals surface area (Å²) in [5.41, 5.74) is 3.93. The zero-order chi connectivity index (χ0) is 13.7. The molecule has 0 bridgehead atoms. The molecule has 4 N–H and O–H groups in total. The van der Waals surface area contributed by atoms with E-state index in [0.29, 0.717) is 5.82 Å². The summed E-state index contributed by atoms with van der Waals surface area (Å²) in [6.07, 6.45) is 4.50. The molecule has 7 heteroatoms. The normalized spacial score (nSPS) is 10.8. The Hall–Kier alpha value is -2.31. The Kier molecular flexibility index (Phi) is 4.47. The summed E-state index contributed by atoms with van der Waals surface area (Å²) in [5, 5.41) is 12.4. The van der Waals surface area contributed by atoms with Crippen molar-refractivity contribution in [3.05, 3.63) is 34.1 Å². The van der Waals surface area contributed by atoms with Gasteiger partial charge in [-0.2, -0.15) is 0 Å². The van der Waals surface area contributed by atoms with Crippen LogP contribution < -0.4 is 16.6 Å². The fourth-order valence-electron chi connectivity index (χ4n) is 1.32. The molecule has 7 nitrogen and oxygen atoms in total. The second kappa shape index (κ2) is 5.85. The SMILES string of the molecule is CC/C=C\NCc1nc(C(N)=O)c(O)c(=O)n1C. The highest BCUT2D eigenvalue weighted by Gasteiger charge is 2.17. The van der Waals surface area contributed by atoms with E-state index in [9.17, 15) is 14.7 Å². The van der Waals surface area contributed by atoms with Gasteiger partial charge in [0.2, 0.25) is 5.75 Å². The number of aromatic nitrogens is 2. The van der Waals surface area contributed by atoms with Crippen molar-refractivity contribution in [2.45, 2.75) is 19.9 Å². The minimum atomic E-state index is -0.935. The van der Waals surface area contributed by atoms with Gasteiger partial charge in [-0.3, -0.25) is 14.2 Å². The zero-order valence-corrected chi connectivity index (χ0v) is 10.3. The van der Waals surface area contributed by atoms with E-state index in [-0.39, 0.29) is 6.54 Å². The lowest BCUT2D eigenvalue weighted by Gasteiger charge is -2.09. The summed E-state index contributed by atoms with van der Waals surface area (Å²) < 4.78 is 1.16. The van der Waals surface area contributed by atoms with E-state index < -0.39 is 22.9 Å². The van der Waals surface area contributed by atoms with E-state index >= 15 is 0 Å². The summed E-state index contributed by atoms with van der Waals surface area (Å²) in [6, 6.07) is 0. The third kappa shape index (κ3) is 2.88. The lowest BCUT2D eigenvalue weighted by atomic mass is 10.3. The molecule has 0 spiro atoms. The lowest BCUT2D eigenvalue weighted by Crippen LogP contribution is -2.28.